The van der Waals surface area contributed by atoms with Crippen molar-refractivity contribution in [3.05, 3.63) is 0 Å². The Morgan fingerprint density at radius 1 is 1.60 bits per heavy atom. The van der Waals surface area contributed by atoms with Crippen molar-refractivity contribution in [2.24, 2.45) is 5.92 Å². The van der Waals surface area contributed by atoms with Crippen LogP contribution in [0.25, 0.3) is 0 Å². The lowest BCUT2D eigenvalue weighted by atomic mass is 10.1. The number of sulfonamides is 1. The van der Waals surface area contributed by atoms with Gasteiger partial charge in [-0.25, -0.2) is 13.1 Å². The molecule has 0 saturated heterocycles. The first kappa shape index (κ1) is 12.4. The van der Waals surface area contributed by atoms with E-state index in [1.807, 2.05) is 0 Å². The van der Waals surface area contributed by atoms with Gasteiger partial charge in [-0.1, -0.05) is 0 Å². The third-order valence-corrected chi connectivity index (χ3v) is 4.34. The van der Waals surface area contributed by atoms with Gasteiger partial charge in [-0.3, -0.25) is 0 Å². The molecule has 2 N–H and O–H groups in total. The van der Waals surface area contributed by atoms with Gasteiger partial charge in [0.05, 0.1) is 12.2 Å². The molecule has 15 heavy (non-hydrogen) atoms. The quantitative estimate of drug-likeness (QED) is 0.712. The lowest BCUT2D eigenvalue weighted by Crippen LogP contribution is -2.34. The molecule has 0 aromatic heterocycles. The Morgan fingerprint density at radius 2 is 2.27 bits per heavy atom. The highest BCUT2D eigenvalue weighted by Gasteiger charge is 2.26. The Balaban J connectivity index is 2.41. The molecule has 0 bridgehead atoms. The first-order valence-electron chi connectivity index (χ1n) is 5.02. The van der Waals surface area contributed by atoms with Crippen molar-refractivity contribution in [2.45, 2.75) is 37.5 Å². The summed E-state index contributed by atoms with van der Waals surface area (Å²) in [4.78, 5) is 0. The highest BCUT2D eigenvalue weighted by atomic mass is 32.2. The van der Waals surface area contributed by atoms with Gasteiger partial charge in [0.15, 0.2) is 5.25 Å². The van der Waals surface area contributed by atoms with Crippen LogP contribution in [0.3, 0.4) is 0 Å². The summed E-state index contributed by atoms with van der Waals surface area (Å²) in [5.74, 6) is 0.195. The standard InChI is InChI=1S/C9H16N2O3S/c1-7(5-10)15(13,14)11-6-8-2-3-9(12)4-8/h7-9,11-12H,2-4,6H2,1H3. The largest absolute Gasteiger partial charge is 0.393 e. The molecule has 0 heterocycles. The van der Waals surface area contributed by atoms with Gasteiger partial charge in [-0.15, -0.1) is 0 Å². The molecule has 1 fully saturated rings. The molecule has 0 spiro atoms. The smallest absolute Gasteiger partial charge is 0.227 e. The van der Waals surface area contributed by atoms with E-state index in [-0.39, 0.29) is 12.0 Å². The first-order valence-corrected chi connectivity index (χ1v) is 6.56. The van der Waals surface area contributed by atoms with Crippen LogP contribution in [-0.4, -0.2) is 31.4 Å². The summed E-state index contributed by atoms with van der Waals surface area (Å²) in [6.45, 7) is 1.68. The van der Waals surface area contributed by atoms with Crippen LogP contribution in [0.2, 0.25) is 0 Å². The summed E-state index contributed by atoms with van der Waals surface area (Å²) < 4.78 is 25.2. The summed E-state index contributed by atoms with van der Waals surface area (Å²) in [6.07, 6.45) is 1.92. The van der Waals surface area contributed by atoms with Crippen molar-refractivity contribution in [1.82, 2.24) is 4.72 Å². The molecule has 6 heteroatoms. The highest BCUT2D eigenvalue weighted by molar-refractivity contribution is 7.90. The third-order valence-electron chi connectivity index (χ3n) is 2.73. The fraction of sp³-hybridized carbons (Fsp3) is 0.889. The van der Waals surface area contributed by atoms with Crippen LogP contribution in [0.5, 0.6) is 0 Å². The average Bonchev–Trinajstić information content (AvgIpc) is 2.60. The molecule has 3 unspecified atom stereocenters. The van der Waals surface area contributed by atoms with Gasteiger partial charge in [0.25, 0.3) is 0 Å². The number of hydrogen-bond acceptors (Lipinski definition) is 4. The van der Waals surface area contributed by atoms with Gasteiger partial charge < -0.3 is 5.11 Å². The van der Waals surface area contributed by atoms with Crippen LogP contribution in [0, 0.1) is 17.2 Å². The number of aliphatic hydroxyl groups is 1. The van der Waals surface area contributed by atoms with E-state index in [4.69, 9.17) is 5.26 Å². The maximum absolute atomic E-state index is 11.4. The van der Waals surface area contributed by atoms with Crippen LogP contribution in [0.15, 0.2) is 0 Å². The van der Waals surface area contributed by atoms with E-state index in [0.717, 1.165) is 12.8 Å². The minimum absolute atomic E-state index is 0.195. The van der Waals surface area contributed by atoms with Crippen molar-refractivity contribution in [2.75, 3.05) is 6.54 Å². The topological polar surface area (TPSA) is 90.2 Å². The molecule has 0 amide bonds. The van der Waals surface area contributed by atoms with E-state index in [9.17, 15) is 13.5 Å². The number of hydrogen-bond donors (Lipinski definition) is 2. The van der Waals surface area contributed by atoms with E-state index in [2.05, 4.69) is 4.72 Å². The van der Waals surface area contributed by atoms with Crippen molar-refractivity contribution < 1.29 is 13.5 Å². The van der Waals surface area contributed by atoms with Crippen LogP contribution in [0.4, 0.5) is 0 Å². The molecule has 1 aliphatic carbocycles. The number of aliphatic hydroxyl groups excluding tert-OH is 1. The Kier molecular flexibility index (Phi) is 4.08. The molecular weight excluding hydrogens is 216 g/mol. The van der Waals surface area contributed by atoms with E-state index < -0.39 is 15.3 Å². The predicted molar refractivity (Wildman–Crippen MR) is 55.3 cm³/mol. The minimum Gasteiger partial charge on any atom is -0.393 e. The van der Waals surface area contributed by atoms with Crippen molar-refractivity contribution in [1.29, 1.82) is 5.26 Å². The second-order valence-electron chi connectivity index (χ2n) is 4.00. The Morgan fingerprint density at radius 3 is 2.73 bits per heavy atom. The van der Waals surface area contributed by atoms with Crippen molar-refractivity contribution >= 4 is 10.0 Å². The molecule has 86 valence electrons. The zero-order valence-electron chi connectivity index (χ0n) is 8.68. The van der Waals surface area contributed by atoms with E-state index in [0.29, 0.717) is 13.0 Å². The molecular formula is C9H16N2O3S. The third kappa shape index (κ3) is 3.45. The van der Waals surface area contributed by atoms with Gasteiger partial charge in [-0.05, 0) is 32.1 Å². The molecule has 3 atom stereocenters. The zero-order chi connectivity index (χ0) is 11.5. The monoisotopic (exact) mass is 232 g/mol. The number of rotatable bonds is 4. The Hall–Kier alpha value is -0.640. The van der Waals surface area contributed by atoms with Crippen LogP contribution in [-0.2, 0) is 10.0 Å². The second-order valence-corrected chi connectivity index (χ2v) is 6.08. The lowest BCUT2D eigenvalue weighted by Gasteiger charge is -2.12. The SMILES string of the molecule is CC(C#N)S(=O)(=O)NCC1CCC(O)C1. The molecule has 0 aromatic rings. The van der Waals surface area contributed by atoms with Crippen LogP contribution < -0.4 is 4.72 Å². The van der Waals surface area contributed by atoms with Crippen LogP contribution >= 0.6 is 0 Å². The summed E-state index contributed by atoms with van der Waals surface area (Å²) in [5.41, 5.74) is 0. The maximum Gasteiger partial charge on any atom is 0.227 e. The number of nitriles is 1. The zero-order valence-corrected chi connectivity index (χ0v) is 9.50. The maximum atomic E-state index is 11.4. The second kappa shape index (κ2) is 4.92. The molecule has 0 aliphatic heterocycles. The summed E-state index contributed by atoms with van der Waals surface area (Å²) in [6, 6.07) is 1.69. The first-order chi connectivity index (χ1) is 6.95. The Bertz CT molecular complexity index is 347. The summed E-state index contributed by atoms with van der Waals surface area (Å²) >= 11 is 0. The van der Waals surface area contributed by atoms with E-state index in [1.54, 1.807) is 6.07 Å². The molecule has 5 nitrogen and oxygen atoms in total. The van der Waals surface area contributed by atoms with Gasteiger partial charge in [0, 0.05) is 6.54 Å². The number of nitrogens with one attached hydrogen (secondary N) is 1. The molecule has 1 aliphatic rings. The van der Waals surface area contributed by atoms with Crippen LogP contribution in [0.1, 0.15) is 26.2 Å². The van der Waals surface area contributed by atoms with Gasteiger partial charge in [0.2, 0.25) is 10.0 Å². The van der Waals surface area contributed by atoms with Gasteiger partial charge >= 0.3 is 0 Å². The fourth-order valence-electron chi connectivity index (χ4n) is 1.66. The fourth-order valence-corrected chi connectivity index (χ4v) is 2.52. The molecule has 1 saturated carbocycles. The van der Waals surface area contributed by atoms with E-state index in [1.165, 1.54) is 6.92 Å². The normalized spacial score (nSPS) is 28.6. The van der Waals surface area contributed by atoms with Crippen molar-refractivity contribution in [3.8, 4) is 6.07 Å². The summed E-state index contributed by atoms with van der Waals surface area (Å²) in [5, 5.41) is 16.7. The minimum atomic E-state index is -3.51. The molecule has 1 rings (SSSR count). The molecule has 0 aromatic carbocycles. The number of nitrogens with zero attached hydrogens (tertiary/aromatic N) is 1. The average molecular weight is 232 g/mol. The molecule has 0 radical (unpaired) electrons. The predicted octanol–water partition coefficient (Wildman–Crippen LogP) is -0.0211. The Labute approximate surface area is 90.2 Å². The summed E-state index contributed by atoms with van der Waals surface area (Å²) in [7, 11) is -3.51. The highest BCUT2D eigenvalue weighted by Crippen LogP contribution is 2.24. The van der Waals surface area contributed by atoms with Gasteiger partial charge in [0.1, 0.15) is 0 Å². The van der Waals surface area contributed by atoms with Gasteiger partial charge in [-0.2, -0.15) is 5.26 Å². The van der Waals surface area contributed by atoms with E-state index >= 15 is 0 Å². The van der Waals surface area contributed by atoms with Crippen molar-refractivity contribution in [3.63, 3.8) is 0 Å². The lowest BCUT2D eigenvalue weighted by molar-refractivity contribution is 0.178.